The first kappa shape index (κ1) is 16.6. The molecule has 0 bridgehead atoms. The van der Waals surface area contributed by atoms with E-state index in [-0.39, 0.29) is 6.61 Å². The van der Waals surface area contributed by atoms with Crippen molar-refractivity contribution in [1.82, 2.24) is 0 Å². The molecule has 1 aromatic rings. The summed E-state index contributed by atoms with van der Waals surface area (Å²) in [6.07, 6.45) is 8.09. The standard InChI is InChI=1S/C17H26N2O3/c1-21-16-10-13(8-9-15(16)22-12-17(18)20)11-19-14-6-4-2-3-5-7-14/h8-10,14,19H,2-7,11-12H2,1H3,(H2,18,20)/p+1. The molecular weight excluding hydrogens is 280 g/mol. The Balaban J connectivity index is 1.92. The number of hydrogen-bond acceptors (Lipinski definition) is 3. The van der Waals surface area contributed by atoms with E-state index < -0.39 is 5.91 Å². The SMILES string of the molecule is COc1cc(C[NH2+]C2CCCCCC2)ccc1OCC(N)=O. The molecule has 0 unspecified atom stereocenters. The highest BCUT2D eigenvalue weighted by molar-refractivity contribution is 5.75. The van der Waals surface area contributed by atoms with Gasteiger partial charge in [-0.05, 0) is 43.9 Å². The summed E-state index contributed by atoms with van der Waals surface area (Å²) in [5, 5.41) is 2.43. The van der Waals surface area contributed by atoms with Crippen molar-refractivity contribution in [1.29, 1.82) is 0 Å². The molecule has 1 saturated carbocycles. The molecule has 0 atom stereocenters. The number of carbonyl (C=O) groups is 1. The van der Waals surface area contributed by atoms with Gasteiger partial charge in [0, 0.05) is 5.56 Å². The van der Waals surface area contributed by atoms with Crippen molar-refractivity contribution in [2.75, 3.05) is 13.7 Å². The second-order valence-electron chi connectivity index (χ2n) is 5.93. The maximum Gasteiger partial charge on any atom is 0.255 e. The molecule has 22 heavy (non-hydrogen) atoms. The smallest absolute Gasteiger partial charge is 0.255 e. The summed E-state index contributed by atoms with van der Waals surface area (Å²) in [5.41, 5.74) is 6.30. The van der Waals surface area contributed by atoms with Gasteiger partial charge in [-0.1, -0.05) is 12.8 Å². The topological polar surface area (TPSA) is 78.2 Å². The van der Waals surface area contributed by atoms with Crippen LogP contribution in [0.1, 0.15) is 44.1 Å². The Labute approximate surface area is 132 Å². The summed E-state index contributed by atoms with van der Waals surface area (Å²) in [6, 6.07) is 6.58. The van der Waals surface area contributed by atoms with E-state index in [1.165, 1.54) is 44.1 Å². The number of ether oxygens (including phenoxy) is 2. The highest BCUT2D eigenvalue weighted by Gasteiger charge is 2.15. The lowest BCUT2D eigenvalue weighted by molar-refractivity contribution is -0.705. The summed E-state index contributed by atoms with van der Waals surface area (Å²) in [7, 11) is 1.60. The number of rotatable bonds is 7. The van der Waals surface area contributed by atoms with Crippen LogP contribution >= 0.6 is 0 Å². The fourth-order valence-electron chi connectivity index (χ4n) is 2.96. The lowest BCUT2D eigenvalue weighted by Crippen LogP contribution is -2.88. The van der Waals surface area contributed by atoms with Gasteiger partial charge in [0.25, 0.3) is 5.91 Å². The van der Waals surface area contributed by atoms with Crippen LogP contribution in [0, 0.1) is 0 Å². The largest absolute Gasteiger partial charge is 0.493 e. The molecule has 5 nitrogen and oxygen atoms in total. The Kier molecular flexibility index (Phi) is 6.52. The summed E-state index contributed by atoms with van der Waals surface area (Å²) in [6.45, 7) is 0.807. The van der Waals surface area contributed by atoms with Crippen LogP contribution in [-0.2, 0) is 11.3 Å². The van der Waals surface area contributed by atoms with E-state index in [9.17, 15) is 4.79 Å². The van der Waals surface area contributed by atoms with Crippen molar-refractivity contribution >= 4 is 5.91 Å². The first-order valence-electron chi connectivity index (χ1n) is 8.10. The van der Waals surface area contributed by atoms with Gasteiger partial charge in [-0.3, -0.25) is 4.79 Å². The molecule has 0 saturated heterocycles. The Bertz CT molecular complexity index is 483. The summed E-state index contributed by atoms with van der Waals surface area (Å²) < 4.78 is 10.7. The van der Waals surface area contributed by atoms with E-state index in [1.54, 1.807) is 7.11 Å². The van der Waals surface area contributed by atoms with Crippen molar-refractivity contribution in [3.63, 3.8) is 0 Å². The van der Waals surface area contributed by atoms with Crippen LogP contribution in [0.4, 0.5) is 0 Å². The van der Waals surface area contributed by atoms with Gasteiger partial charge >= 0.3 is 0 Å². The molecule has 0 aliphatic heterocycles. The van der Waals surface area contributed by atoms with Crippen LogP contribution in [0.3, 0.4) is 0 Å². The number of hydrogen-bond donors (Lipinski definition) is 2. The average molecular weight is 307 g/mol. The van der Waals surface area contributed by atoms with Crippen LogP contribution in [0.5, 0.6) is 11.5 Å². The third kappa shape index (κ3) is 5.22. The van der Waals surface area contributed by atoms with Crippen LogP contribution in [0.15, 0.2) is 18.2 Å². The van der Waals surface area contributed by atoms with Gasteiger partial charge in [-0.25, -0.2) is 0 Å². The quantitative estimate of drug-likeness (QED) is 0.746. The molecule has 1 aromatic carbocycles. The fraction of sp³-hybridized carbons (Fsp3) is 0.588. The zero-order valence-electron chi connectivity index (χ0n) is 13.3. The molecule has 2 rings (SSSR count). The zero-order valence-corrected chi connectivity index (χ0v) is 13.3. The predicted molar refractivity (Wildman–Crippen MR) is 84.8 cm³/mol. The number of primary amides is 1. The molecule has 122 valence electrons. The van der Waals surface area contributed by atoms with Crippen molar-refractivity contribution in [3.05, 3.63) is 23.8 Å². The normalized spacial score (nSPS) is 16.0. The first-order valence-corrected chi connectivity index (χ1v) is 8.10. The molecule has 1 amide bonds. The van der Waals surface area contributed by atoms with Crippen molar-refractivity contribution in [2.45, 2.75) is 51.1 Å². The molecule has 1 fully saturated rings. The molecule has 4 N–H and O–H groups in total. The van der Waals surface area contributed by atoms with Crippen LogP contribution in [0.25, 0.3) is 0 Å². The molecule has 0 spiro atoms. The summed E-state index contributed by atoms with van der Waals surface area (Å²) >= 11 is 0. The van der Waals surface area contributed by atoms with Gasteiger partial charge < -0.3 is 20.5 Å². The second kappa shape index (κ2) is 8.63. The van der Waals surface area contributed by atoms with Gasteiger partial charge in [-0.2, -0.15) is 0 Å². The summed E-state index contributed by atoms with van der Waals surface area (Å²) in [5.74, 6) is 0.709. The lowest BCUT2D eigenvalue weighted by Gasteiger charge is -2.14. The van der Waals surface area contributed by atoms with Gasteiger partial charge in [0.05, 0.1) is 13.2 Å². The maximum absolute atomic E-state index is 10.8. The highest BCUT2D eigenvalue weighted by Crippen LogP contribution is 2.27. The lowest BCUT2D eigenvalue weighted by atomic mass is 10.1. The predicted octanol–water partition coefficient (Wildman–Crippen LogP) is 1.35. The molecule has 5 heteroatoms. The summed E-state index contributed by atoms with van der Waals surface area (Å²) in [4.78, 5) is 10.8. The number of quaternary nitrogens is 1. The highest BCUT2D eigenvalue weighted by atomic mass is 16.5. The molecule has 0 radical (unpaired) electrons. The number of nitrogens with two attached hydrogens (primary N) is 2. The van der Waals surface area contributed by atoms with Crippen LogP contribution in [-0.4, -0.2) is 25.7 Å². The maximum atomic E-state index is 10.8. The monoisotopic (exact) mass is 307 g/mol. The molecule has 0 aromatic heterocycles. The fourth-order valence-corrected chi connectivity index (χ4v) is 2.96. The minimum absolute atomic E-state index is 0.135. The van der Waals surface area contributed by atoms with E-state index >= 15 is 0 Å². The van der Waals surface area contributed by atoms with Crippen LogP contribution in [0.2, 0.25) is 0 Å². The third-order valence-corrected chi connectivity index (χ3v) is 4.18. The van der Waals surface area contributed by atoms with E-state index in [0.29, 0.717) is 11.5 Å². The van der Waals surface area contributed by atoms with E-state index in [4.69, 9.17) is 15.2 Å². The molecule has 0 heterocycles. The van der Waals surface area contributed by atoms with Crippen LogP contribution < -0.4 is 20.5 Å². The third-order valence-electron chi connectivity index (χ3n) is 4.18. The second-order valence-corrected chi connectivity index (χ2v) is 5.93. The van der Waals surface area contributed by atoms with Crippen molar-refractivity contribution in [3.8, 4) is 11.5 Å². The van der Waals surface area contributed by atoms with E-state index in [2.05, 4.69) is 5.32 Å². The molecule has 1 aliphatic carbocycles. The van der Waals surface area contributed by atoms with Crippen molar-refractivity contribution < 1.29 is 19.6 Å². The Morgan fingerprint density at radius 2 is 1.95 bits per heavy atom. The number of amides is 1. The Morgan fingerprint density at radius 1 is 1.23 bits per heavy atom. The van der Waals surface area contributed by atoms with Gasteiger partial charge in [0.1, 0.15) is 6.54 Å². The van der Waals surface area contributed by atoms with E-state index in [1.807, 2.05) is 18.2 Å². The number of benzene rings is 1. The zero-order chi connectivity index (χ0) is 15.8. The van der Waals surface area contributed by atoms with E-state index in [0.717, 1.165) is 12.6 Å². The molecular formula is C17H27N2O3+. The minimum Gasteiger partial charge on any atom is -0.493 e. The Hall–Kier alpha value is -1.75. The Morgan fingerprint density at radius 3 is 2.59 bits per heavy atom. The number of methoxy groups -OCH3 is 1. The number of carbonyl (C=O) groups excluding carboxylic acids is 1. The van der Waals surface area contributed by atoms with Crippen molar-refractivity contribution in [2.24, 2.45) is 5.73 Å². The van der Waals surface area contributed by atoms with Gasteiger partial charge in [0.2, 0.25) is 0 Å². The first-order chi connectivity index (χ1) is 10.7. The molecule has 1 aliphatic rings. The van der Waals surface area contributed by atoms with Gasteiger partial charge in [0.15, 0.2) is 18.1 Å². The average Bonchev–Trinajstić information content (AvgIpc) is 2.79. The minimum atomic E-state index is -0.493. The van der Waals surface area contributed by atoms with Gasteiger partial charge in [-0.15, -0.1) is 0 Å².